The Balaban J connectivity index is 2.21. The van der Waals surface area contributed by atoms with Crippen LogP contribution in [0.1, 0.15) is 10.4 Å². The number of benzene rings is 1. The predicted octanol–water partition coefficient (Wildman–Crippen LogP) is 2.40. The summed E-state index contributed by atoms with van der Waals surface area (Å²) in [5.74, 6) is -0.517. The molecule has 0 spiro atoms. The van der Waals surface area contributed by atoms with Crippen LogP contribution in [0.3, 0.4) is 0 Å². The highest BCUT2D eigenvalue weighted by atomic mass is 79.9. The molecular weight excluding hydrogens is 276 g/mol. The van der Waals surface area contributed by atoms with Gasteiger partial charge in [-0.05, 0) is 18.2 Å². The Morgan fingerprint density at radius 3 is 2.94 bits per heavy atom. The van der Waals surface area contributed by atoms with Crippen LogP contribution >= 0.6 is 15.9 Å². The van der Waals surface area contributed by atoms with E-state index in [4.69, 9.17) is 0 Å². The summed E-state index contributed by atoms with van der Waals surface area (Å²) < 4.78 is 5.27. The predicted molar refractivity (Wildman–Crippen MR) is 60.3 cm³/mol. The van der Waals surface area contributed by atoms with Gasteiger partial charge in [-0.2, -0.15) is 0 Å². The minimum Gasteiger partial charge on any atom is -0.507 e. The Hall–Kier alpha value is -1.82. The minimum absolute atomic E-state index is 0.0941. The first-order chi connectivity index (χ1) is 7.66. The van der Waals surface area contributed by atoms with E-state index < -0.39 is 5.91 Å². The van der Waals surface area contributed by atoms with Gasteiger partial charge in [0.15, 0.2) is 0 Å². The third kappa shape index (κ3) is 2.22. The zero-order valence-corrected chi connectivity index (χ0v) is 9.56. The van der Waals surface area contributed by atoms with E-state index in [2.05, 4.69) is 30.9 Å². The van der Waals surface area contributed by atoms with Gasteiger partial charge < -0.3 is 14.9 Å². The van der Waals surface area contributed by atoms with Gasteiger partial charge in [-0.25, -0.2) is 0 Å². The zero-order valence-electron chi connectivity index (χ0n) is 7.98. The summed E-state index contributed by atoms with van der Waals surface area (Å²) in [5.41, 5.74) is 0.622. The van der Waals surface area contributed by atoms with Crippen molar-refractivity contribution in [3.8, 4) is 5.75 Å². The quantitative estimate of drug-likeness (QED) is 0.887. The topological polar surface area (TPSA) is 75.4 Å². The van der Waals surface area contributed by atoms with Gasteiger partial charge in [-0.3, -0.25) is 4.79 Å². The highest BCUT2D eigenvalue weighted by molar-refractivity contribution is 9.10. The van der Waals surface area contributed by atoms with E-state index in [-0.39, 0.29) is 11.3 Å². The van der Waals surface area contributed by atoms with Gasteiger partial charge in [-0.15, -0.1) is 0 Å². The zero-order chi connectivity index (χ0) is 11.5. The van der Waals surface area contributed by atoms with E-state index in [0.29, 0.717) is 10.2 Å². The Morgan fingerprint density at radius 2 is 2.31 bits per heavy atom. The largest absolute Gasteiger partial charge is 0.507 e. The fourth-order valence-corrected chi connectivity index (χ4v) is 1.51. The number of aromatic nitrogens is 1. The fourth-order valence-electron chi connectivity index (χ4n) is 1.16. The first-order valence-electron chi connectivity index (χ1n) is 4.36. The van der Waals surface area contributed by atoms with E-state index in [1.165, 1.54) is 24.6 Å². The molecule has 0 fully saturated rings. The van der Waals surface area contributed by atoms with Crippen LogP contribution in [0.4, 0.5) is 5.69 Å². The summed E-state index contributed by atoms with van der Waals surface area (Å²) in [7, 11) is 0. The van der Waals surface area contributed by atoms with Crippen LogP contribution in [-0.4, -0.2) is 16.2 Å². The lowest BCUT2D eigenvalue weighted by atomic mass is 10.2. The first-order valence-corrected chi connectivity index (χ1v) is 5.15. The SMILES string of the molecule is O=C(Nc1cnoc1)c1ccc(Br)cc1O. The summed E-state index contributed by atoms with van der Waals surface area (Å²) >= 11 is 3.19. The molecule has 0 atom stereocenters. The van der Waals surface area contributed by atoms with E-state index in [9.17, 15) is 9.90 Å². The molecule has 16 heavy (non-hydrogen) atoms. The number of anilines is 1. The van der Waals surface area contributed by atoms with Crippen molar-refractivity contribution >= 4 is 27.5 Å². The van der Waals surface area contributed by atoms with Crippen molar-refractivity contribution in [1.82, 2.24) is 5.16 Å². The number of hydrogen-bond donors (Lipinski definition) is 2. The van der Waals surface area contributed by atoms with Gasteiger partial charge in [0, 0.05) is 4.47 Å². The van der Waals surface area contributed by atoms with E-state index in [1.807, 2.05) is 0 Å². The standard InChI is InChI=1S/C10H7BrN2O3/c11-6-1-2-8(9(14)3-6)10(15)13-7-4-12-16-5-7/h1-5,14H,(H,13,15). The van der Waals surface area contributed by atoms with E-state index >= 15 is 0 Å². The second kappa shape index (κ2) is 4.36. The number of nitrogens with one attached hydrogen (secondary N) is 1. The highest BCUT2D eigenvalue weighted by Crippen LogP contribution is 2.23. The van der Waals surface area contributed by atoms with E-state index in [1.54, 1.807) is 6.07 Å². The van der Waals surface area contributed by atoms with Crippen molar-refractivity contribution in [3.05, 3.63) is 40.7 Å². The van der Waals surface area contributed by atoms with E-state index in [0.717, 1.165) is 0 Å². The number of carbonyl (C=O) groups is 1. The lowest BCUT2D eigenvalue weighted by Crippen LogP contribution is -2.11. The minimum atomic E-state index is -0.423. The molecule has 0 aliphatic rings. The molecule has 0 saturated carbocycles. The fraction of sp³-hybridized carbons (Fsp3) is 0. The number of halogens is 1. The molecule has 0 aliphatic carbocycles. The summed E-state index contributed by atoms with van der Waals surface area (Å²) in [6.07, 6.45) is 2.67. The van der Waals surface area contributed by atoms with Crippen molar-refractivity contribution in [3.63, 3.8) is 0 Å². The molecule has 1 aromatic carbocycles. The maximum absolute atomic E-state index is 11.7. The Labute approximate surface area is 99.2 Å². The molecule has 6 heteroatoms. The van der Waals surface area contributed by atoms with Crippen LogP contribution < -0.4 is 5.32 Å². The third-order valence-corrected chi connectivity index (χ3v) is 2.39. The molecule has 2 N–H and O–H groups in total. The van der Waals surface area contributed by atoms with Crippen LogP contribution in [0.25, 0.3) is 0 Å². The Bertz CT molecular complexity index is 511. The average Bonchev–Trinajstić information content (AvgIpc) is 2.70. The summed E-state index contributed by atoms with van der Waals surface area (Å²) in [6.45, 7) is 0. The number of aromatic hydroxyl groups is 1. The number of rotatable bonds is 2. The molecule has 0 aliphatic heterocycles. The Kier molecular flexibility index (Phi) is 2.91. The molecule has 0 bridgehead atoms. The molecule has 0 radical (unpaired) electrons. The summed E-state index contributed by atoms with van der Waals surface area (Å²) in [5, 5.41) is 15.5. The van der Waals surface area contributed by atoms with Gasteiger partial charge >= 0.3 is 0 Å². The Morgan fingerprint density at radius 1 is 1.50 bits per heavy atom. The maximum Gasteiger partial charge on any atom is 0.259 e. The highest BCUT2D eigenvalue weighted by Gasteiger charge is 2.12. The second-order valence-electron chi connectivity index (χ2n) is 3.03. The molecule has 1 heterocycles. The lowest BCUT2D eigenvalue weighted by molar-refractivity contribution is 0.102. The number of phenolic OH excluding ortho intramolecular Hbond substituents is 1. The molecule has 1 amide bonds. The van der Waals surface area contributed by atoms with Crippen molar-refractivity contribution in [2.24, 2.45) is 0 Å². The number of amides is 1. The van der Waals surface area contributed by atoms with Crippen molar-refractivity contribution < 1.29 is 14.4 Å². The molecule has 82 valence electrons. The first kappa shape index (κ1) is 10.7. The molecular formula is C10H7BrN2O3. The van der Waals surface area contributed by atoms with Gasteiger partial charge in [0.1, 0.15) is 17.7 Å². The summed E-state index contributed by atoms with van der Waals surface area (Å²) in [4.78, 5) is 11.7. The van der Waals surface area contributed by atoms with Crippen molar-refractivity contribution in [2.45, 2.75) is 0 Å². The number of hydrogen-bond acceptors (Lipinski definition) is 4. The molecule has 5 nitrogen and oxygen atoms in total. The number of phenols is 1. The second-order valence-corrected chi connectivity index (χ2v) is 3.94. The van der Waals surface area contributed by atoms with Gasteiger partial charge in [0.05, 0.1) is 11.8 Å². The van der Waals surface area contributed by atoms with Crippen LogP contribution in [0, 0.1) is 0 Å². The van der Waals surface area contributed by atoms with Crippen LogP contribution in [-0.2, 0) is 0 Å². The van der Waals surface area contributed by atoms with Gasteiger partial charge in [0.2, 0.25) is 0 Å². The third-order valence-electron chi connectivity index (χ3n) is 1.89. The van der Waals surface area contributed by atoms with Crippen LogP contribution in [0.15, 0.2) is 39.7 Å². The molecule has 1 aromatic heterocycles. The number of nitrogens with zero attached hydrogens (tertiary/aromatic N) is 1. The van der Waals surface area contributed by atoms with Crippen LogP contribution in [0.5, 0.6) is 5.75 Å². The monoisotopic (exact) mass is 282 g/mol. The average molecular weight is 283 g/mol. The lowest BCUT2D eigenvalue weighted by Gasteiger charge is -2.04. The molecule has 0 saturated heterocycles. The molecule has 0 unspecified atom stereocenters. The normalized spacial score (nSPS) is 10.1. The van der Waals surface area contributed by atoms with Gasteiger partial charge in [0.25, 0.3) is 5.91 Å². The maximum atomic E-state index is 11.7. The number of carbonyl (C=O) groups excluding carboxylic acids is 1. The van der Waals surface area contributed by atoms with Crippen molar-refractivity contribution in [2.75, 3.05) is 5.32 Å². The smallest absolute Gasteiger partial charge is 0.259 e. The van der Waals surface area contributed by atoms with Crippen molar-refractivity contribution in [1.29, 1.82) is 0 Å². The molecule has 2 aromatic rings. The van der Waals surface area contributed by atoms with Gasteiger partial charge in [-0.1, -0.05) is 21.1 Å². The van der Waals surface area contributed by atoms with Crippen LogP contribution in [0.2, 0.25) is 0 Å². The molecule has 2 rings (SSSR count). The summed E-state index contributed by atoms with van der Waals surface area (Å²) in [6, 6.07) is 4.63.